The molecule has 2 amide bonds. The minimum Gasteiger partial charge on any atom is -0.307 e. The maximum absolute atomic E-state index is 12.3. The fourth-order valence-corrected chi connectivity index (χ4v) is 3.50. The van der Waals surface area contributed by atoms with Crippen molar-refractivity contribution in [3.05, 3.63) is 53.2 Å². The number of amides is 2. The van der Waals surface area contributed by atoms with Gasteiger partial charge in [-0.2, -0.15) is 0 Å². The van der Waals surface area contributed by atoms with Gasteiger partial charge in [-0.25, -0.2) is 9.78 Å². The zero-order valence-electron chi connectivity index (χ0n) is 11.8. The Morgan fingerprint density at radius 3 is 3.09 bits per heavy atom. The van der Waals surface area contributed by atoms with E-state index in [4.69, 9.17) is 0 Å². The molecule has 4 rings (SSSR count). The molecule has 6 heteroatoms. The van der Waals surface area contributed by atoms with Crippen LogP contribution < -0.4 is 10.2 Å². The molecule has 110 valence electrons. The molecule has 1 aromatic carbocycles. The maximum Gasteiger partial charge on any atom is 0.328 e. The molecule has 0 fully saturated rings. The van der Waals surface area contributed by atoms with Gasteiger partial charge in [0, 0.05) is 29.4 Å². The van der Waals surface area contributed by atoms with E-state index in [0.29, 0.717) is 6.54 Å². The number of thiazole rings is 1. The molecule has 1 unspecified atom stereocenters. The number of hydrogen-bond donors (Lipinski definition) is 1. The quantitative estimate of drug-likeness (QED) is 0.918. The standard InChI is InChI=1S/C16H14N4OS/c21-15-18-13-4-2-1-3-12(13)9-20(15)16-19-14(10-22-16)11-5-7-17-8-6-11/h1-5,7-8,10-11H,6,9H2,(H,18,21). The van der Waals surface area contributed by atoms with Crippen LogP contribution in [0.15, 0.2) is 46.9 Å². The molecule has 1 aromatic heterocycles. The number of hydrogen-bond acceptors (Lipinski definition) is 4. The van der Waals surface area contributed by atoms with Crippen LogP contribution in [0.3, 0.4) is 0 Å². The van der Waals surface area contributed by atoms with Crippen LogP contribution in [0.2, 0.25) is 0 Å². The van der Waals surface area contributed by atoms with E-state index in [1.807, 2.05) is 41.9 Å². The van der Waals surface area contributed by atoms with Crippen LogP contribution >= 0.6 is 11.3 Å². The average Bonchev–Trinajstić information content (AvgIpc) is 3.05. The van der Waals surface area contributed by atoms with E-state index in [1.165, 1.54) is 11.3 Å². The summed E-state index contributed by atoms with van der Waals surface area (Å²) in [5.74, 6) is 0.252. The molecule has 0 saturated heterocycles. The van der Waals surface area contributed by atoms with Crippen molar-refractivity contribution in [1.82, 2.24) is 4.98 Å². The molecule has 0 aliphatic carbocycles. The Bertz CT molecular complexity index is 780. The second kappa shape index (κ2) is 5.38. The predicted octanol–water partition coefficient (Wildman–Crippen LogP) is 3.77. The molecule has 1 N–H and O–H groups in total. The van der Waals surface area contributed by atoms with Crippen molar-refractivity contribution in [1.29, 1.82) is 0 Å². The van der Waals surface area contributed by atoms with Crippen LogP contribution in [0.5, 0.6) is 0 Å². The van der Waals surface area contributed by atoms with Gasteiger partial charge in [0.25, 0.3) is 0 Å². The fraction of sp³-hybridized carbons (Fsp3) is 0.188. The monoisotopic (exact) mass is 310 g/mol. The van der Waals surface area contributed by atoms with Gasteiger partial charge in [-0.15, -0.1) is 11.3 Å². The Morgan fingerprint density at radius 2 is 2.23 bits per heavy atom. The van der Waals surface area contributed by atoms with Gasteiger partial charge >= 0.3 is 6.03 Å². The molecule has 0 saturated carbocycles. The Balaban J connectivity index is 1.60. The van der Waals surface area contributed by atoms with Crippen molar-refractivity contribution < 1.29 is 4.79 Å². The lowest BCUT2D eigenvalue weighted by Gasteiger charge is -2.27. The number of benzene rings is 1. The predicted molar refractivity (Wildman–Crippen MR) is 88.7 cm³/mol. The molecule has 22 heavy (non-hydrogen) atoms. The summed E-state index contributed by atoms with van der Waals surface area (Å²) < 4.78 is 0. The van der Waals surface area contributed by atoms with E-state index in [2.05, 4.69) is 15.3 Å². The Hall–Kier alpha value is -2.47. The average molecular weight is 310 g/mol. The Morgan fingerprint density at radius 1 is 1.32 bits per heavy atom. The van der Waals surface area contributed by atoms with Gasteiger partial charge in [-0.05, 0) is 18.1 Å². The Labute approximate surface area is 132 Å². The number of aromatic nitrogens is 1. The van der Waals surface area contributed by atoms with Gasteiger partial charge in [0.1, 0.15) is 0 Å². The number of allylic oxidation sites excluding steroid dienone is 1. The summed E-state index contributed by atoms with van der Waals surface area (Å²) in [5, 5.41) is 5.68. The highest BCUT2D eigenvalue weighted by molar-refractivity contribution is 7.14. The molecule has 1 atom stereocenters. The first kappa shape index (κ1) is 13.2. The van der Waals surface area contributed by atoms with Crippen molar-refractivity contribution in [2.24, 2.45) is 4.99 Å². The molecule has 2 aliphatic rings. The molecule has 2 aliphatic heterocycles. The second-order valence-corrected chi connectivity index (χ2v) is 6.08. The lowest BCUT2D eigenvalue weighted by molar-refractivity contribution is 0.256. The zero-order chi connectivity index (χ0) is 14.9. The lowest BCUT2D eigenvalue weighted by atomic mass is 10.0. The van der Waals surface area contributed by atoms with Crippen molar-refractivity contribution in [2.75, 3.05) is 10.2 Å². The number of urea groups is 1. The molecule has 0 bridgehead atoms. The summed E-state index contributed by atoms with van der Waals surface area (Å²) in [6.45, 7) is 0.553. The number of rotatable bonds is 2. The largest absolute Gasteiger partial charge is 0.328 e. The number of carbonyl (C=O) groups excluding carboxylic acids is 1. The van der Waals surface area contributed by atoms with Crippen LogP contribution in [-0.4, -0.2) is 17.2 Å². The van der Waals surface area contributed by atoms with E-state index >= 15 is 0 Å². The van der Waals surface area contributed by atoms with Gasteiger partial charge < -0.3 is 5.32 Å². The number of nitrogens with zero attached hydrogens (tertiary/aromatic N) is 3. The summed E-state index contributed by atoms with van der Waals surface area (Å²) in [6, 6.07) is 7.72. The first-order valence-corrected chi connectivity index (χ1v) is 7.99. The summed E-state index contributed by atoms with van der Waals surface area (Å²) in [7, 11) is 0. The van der Waals surface area contributed by atoms with Gasteiger partial charge in [-0.1, -0.05) is 24.3 Å². The van der Waals surface area contributed by atoms with Crippen molar-refractivity contribution in [3.8, 4) is 0 Å². The third-order valence-electron chi connectivity index (χ3n) is 3.82. The smallest absolute Gasteiger partial charge is 0.307 e. The summed E-state index contributed by atoms with van der Waals surface area (Å²) in [5.41, 5.74) is 2.98. The lowest BCUT2D eigenvalue weighted by Crippen LogP contribution is -2.38. The van der Waals surface area contributed by atoms with Crippen molar-refractivity contribution in [2.45, 2.75) is 18.9 Å². The topological polar surface area (TPSA) is 57.6 Å². The van der Waals surface area contributed by atoms with E-state index in [0.717, 1.165) is 28.5 Å². The van der Waals surface area contributed by atoms with Crippen molar-refractivity contribution in [3.63, 3.8) is 0 Å². The van der Waals surface area contributed by atoms with E-state index in [-0.39, 0.29) is 11.9 Å². The zero-order valence-corrected chi connectivity index (χ0v) is 12.6. The molecule has 0 radical (unpaired) electrons. The number of fused-ring (bicyclic) bond motifs is 1. The van der Waals surface area contributed by atoms with E-state index < -0.39 is 0 Å². The minimum atomic E-state index is -0.125. The number of aliphatic imine (C=N–C) groups is 1. The van der Waals surface area contributed by atoms with Crippen LogP contribution in [0.1, 0.15) is 23.6 Å². The fourth-order valence-electron chi connectivity index (χ4n) is 2.62. The van der Waals surface area contributed by atoms with Gasteiger partial charge in [0.15, 0.2) is 5.13 Å². The van der Waals surface area contributed by atoms with Gasteiger partial charge in [-0.3, -0.25) is 9.89 Å². The van der Waals surface area contributed by atoms with E-state index in [1.54, 1.807) is 11.1 Å². The highest BCUT2D eigenvalue weighted by Gasteiger charge is 2.26. The SMILES string of the molecule is O=C1Nc2ccccc2CN1c1nc(C2C=CN=CC2)cs1. The molecule has 3 heterocycles. The molecule has 2 aromatic rings. The third kappa shape index (κ3) is 2.31. The van der Waals surface area contributed by atoms with Crippen molar-refractivity contribution >= 4 is 34.4 Å². The maximum atomic E-state index is 12.3. The van der Waals surface area contributed by atoms with Gasteiger partial charge in [0.05, 0.1) is 12.2 Å². The van der Waals surface area contributed by atoms with Crippen LogP contribution in [0.4, 0.5) is 15.6 Å². The van der Waals surface area contributed by atoms with E-state index in [9.17, 15) is 4.79 Å². The summed E-state index contributed by atoms with van der Waals surface area (Å²) >= 11 is 1.50. The molecular weight excluding hydrogens is 296 g/mol. The number of nitrogens with one attached hydrogen (secondary N) is 1. The molecular formula is C16H14N4OS. The minimum absolute atomic E-state index is 0.125. The molecule has 0 spiro atoms. The summed E-state index contributed by atoms with van der Waals surface area (Å²) in [4.78, 5) is 22.7. The number of carbonyl (C=O) groups is 1. The van der Waals surface area contributed by atoms with Crippen LogP contribution in [-0.2, 0) is 6.54 Å². The van der Waals surface area contributed by atoms with Gasteiger partial charge in [0.2, 0.25) is 0 Å². The third-order valence-corrected chi connectivity index (χ3v) is 4.70. The number of para-hydroxylation sites is 1. The summed E-state index contributed by atoms with van der Waals surface area (Å²) in [6.07, 6.45) is 6.60. The van der Waals surface area contributed by atoms with Crippen LogP contribution in [0, 0.1) is 0 Å². The highest BCUT2D eigenvalue weighted by Crippen LogP contribution is 2.32. The first-order valence-electron chi connectivity index (χ1n) is 7.11. The Kier molecular flexibility index (Phi) is 3.23. The second-order valence-electron chi connectivity index (χ2n) is 5.24. The first-order chi connectivity index (χ1) is 10.8. The highest BCUT2D eigenvalue weighted by atomic mass is 32.1. The normalized spacial score (nSPS) is 19.9. The number of anilines is 2. The molecule has 5 nitrogen and oxygen atoms in total. The van der Waals surface area contributed by atoms with Crippen LogP contribution in [0.25, 0.3) is 0 Å².